The molecule has 0 aliphatic carbocycles. The normalized spacial score (nSPS) is 24.0. The van der Waals surface area contributed by atoms with E-state index >= 15 is 0 Å². The van der Waals surface area contributed by atoms with Crippen molar-refractivity contribution in [1.82, 2.24) is 0 Å². The van der Waals surface area contributed by atoms with E-state index in [1.807, 2.05) is 53.4 Å². The molecule has 21 heavy (non-hydrogen) atoms. The van der Waals surface area contributed by atoms with Crippen molar-refractivity contribution in [2.75, 3.05) is 16.3 Å². The van der Waals surface area contributed by atoms with Crippen LogP contribution in [0.25, 0.3) is 0 Å². The largest absolute Gasteiger partial charge is 0.348 e. The summed E-state index contributed by atoms with van der Waals surface area (Å²) >= 11 is 0. The Bertz CT molecular complexity index is 697. The minimum Gasteiger partial charge on any atom is -0.348 e. The highest BCUT2D eigenvalue weighted by Gasteiger charge is 2.49. The quantitative estimate of drug-likeness (QED) is 0.794. The van der Waals surface area contributed by atoms with E-state index in [9.17, 15) is 4.79 Å². The lowest BCUT2D eigenvalue weighted by molar-refractivity contribution is 0.0951. The molecular weight excluding hydrogens is 260 g/mol. The molecule has 2 aromatic rings. The summed E-state index contributed by atoms with van der Waals surface area (Å²) in [5.41, 5.74) is 2.61. The van der Waals surface area contributed by atoms with Gasteiger partial charge in [-0.05, 0) is 44.0 Å². The fraction of sp³-hybridized carbons (Fsp3) is 0.278. The Morgan fingerprint density at radius 2 is 1.71 bits per heavy atom. The Morgan fingerprint density at radius 3 is 2.52 bits per heavy atom. The van der Waals surface area contributed by atoms with E-state index in [0.717, 1.165) is 36.3 Å². The number of carbonyl (C=O) groups excluding carboxylic acids is 1. The van der Waals surface area contributed by atoms with Crippen LogP contribution in [0.15, 0.2) is 54.6 Å². The summed E-state index contributed by atoms with van der Waals surface area (Å²) < 4.78 is 0. The Morgan fingerprint density at radius 1 is 1.00 bits per heavy atom. The van der Waals surface area contributed by atoms with Crippen molar-refractivity contribution in [3.8, 4) is 0 Å². The molecule has 2 aromatic carbocycles. The Hall–Kier alpha value is -2.29. The minimum atomic E-state index is -0.257. The minimum absolute atomic E-state index is 0.109. The first-order valence-electron chi connectivity index (χ1n) is 7.48. The third kappa shape index (κ3) is 1.63. The van der Waals surface area contributed by atoms with E-state index in [1.54, 1.807) is 0 Å². The molecule has 0 radical (unpaired) electrons. The molecule has 3 heteroatoms. The van der Waals surface area contributed by atoms with Crippen molar-refractivity contribution in [3.63, 3.8) is 0 Å². The highest BCUT2D eigenvalue weighted by Crippen LogP contribution is 2.45. The molecule has 4 rings (SSSR count). The zero-order valence-electron chi connectivity index (χ0n) is 12.1. The van der Waals surface area contributed by atoms with Gasteiger partial charge in [0.15, 0.2) is 0 Å². The van der Waals surface area contributed by atoms with Gasteiger partial charge in [0, 0.05) is 12.2 Å². The Labute approximate surface area is 124 Å². The van der Waals surface area contributed by atoms with Crippen LogP contribution in [0.3, 0.4) is 0 Å². The van der Waals surface area contributed by atoms with Gasteiger partial charge in [-0.3, -0.25) is 9.69 Å². The number of para-hydroxylation sites is 2. The third-order valence-electron chi connectivity index (χ3n) is 4.74. The van der Waals surface area contributed by atoms with Crippen molar-refractivity contribution in [2.24, 2.45) is 0 Å². The topological polar surface area (TPSA) is 23.6 Å². The monoisotopic (exact) mass is 278 g/mol. The van der Waals surface area contributed by atoms with Crippen LogP contribution in [0.4, 0.5) is 11.4 Å². The van der Waals surface area contributed by atoms with Gasteiger partial charge >= 0.3 is 0 Å². The second-order valence-electron chi connectivity index (χ2n) is 5.97. The molecule has 1 unspecified atom stereocenters. The van der Waals surface area contributed by atoms with Gasteiger partial charge in [0.2, 0.25) is 0 Å². The SMILES string of the molecule is CC12CCCN1c1ccccc1C(=O)N2c1ccccc1. The lowest BCUT2D eigenvalue weighted by Gasteiger charge is -2.49. The molecule has 2 aliphatic heterocycles. The standard InChI is InChI=1S/C18H18N2O/c1-18-12-7-13-19(18)16-11-6-5-10-15(16)17(21)20(18)14-8-3-2-4-9-14/h2-6,8-11H,7,12-13H2,1H3. The van der Waals surface area contributed by atoms with Crippen molar-refractivity contribution >= 4 is 17.3 Å². The molecule has 0 bridgehead atoms. The van der Waals surface area contributed by atoms with Crippen LogP contribution < -0.4 is 9.80 Å². The molecule has 0 spiro atoms. The summed E-state index contributed by atoms with van der Waals surface area (Å²) in [6.07, 6.45) is 2.11. The number of benzene rings is 2. The molecule has 1 atom stereocenters. The zero-order chi connectivity index (χ0) is 14.4. The predicted molar refractivity (Wildman–Crippen MR) is 84.7 cm³/mol. The highest BCUT2D eigenvalue weighted by atomic mass is 16.2. The second kappa shape index (κ2) is 4.35. The van der Waals surface area contributed by atoms with Gasteiger partial charge in [-0.2, -0.15) is 0 Å². The third-order valence-corrected chi connectivity index (χ3v) is 4.74. The molecule has 2 heterocycles. The van der Waals surface area contributed by atoms with Gasteiger partial charge in [-0.15, -0.1) is 0 Å². The van der Waals surface area contributed by atoms with Gasteiger partial charge < -0.3 is 4.90 Å². The van der Waals surface area contributed by atoms with Crippen molar-refractivity contribution in [2.45, 2.75) is 25.4 Å². The molecule has 1 saturated heterocycles. The van der Waals surface area contributed by atoms with Crippen LogP contribution in [0.1, 0.15) is 30.1 Å². The first kappa shape index (κ1) is 12.5. The predicted octanol–water partition coefficient (Wildman–Crippen LogP) is 3.66. The zero-order valence-corrected chi connectivity index (χ0v) is 12.1. The number of rotatable bonds is 1. The smallest absolute Gasteiger partial charge is 0.262 e. The lowest BCUT2D eigenvalue weighted by atomic mass is 9.97. The number of fused-ring (bicyclic) bond motifs is 3. The van der Waals surface area contributed by atoms with E-state index in [2.05, 4.69) is 17.9 Å². The maximum atomic E-state index is 13.1. The first-order chi connectivity index (χ1) is 10.2. The van der Waals surface area contributed by atoms with Crippen LogP contribution in [-0.2, 0) is 0 Å². The second-order valence-corrected chi connectivity index (χ2v) is 5.97. The Kier molecular flexibility index (Phi) is 2.58. The van der Waals surface area contributed by atoms with Gasteiger partial charge in [0.05, 0.1) is 11.3 Å². The van der Waals surface area contributed by atoms with Crippen molar-refractivity contribution in [3.05, 3.63) is 60.2 Å². The number of carbonyl (C=O) groups is 1. The van der Waals surface area contributed by atoms with Gasteiger partial charge in [0.1, 0.15) is 5.66 Å². The average molecular weight is 278 g/mol. The maximum Gasteiger partial charge on any atom is 0.262 e. The highest BCUT2D eigenvalue weighted by molar-refractivity contribution is 6.13. The van der Waals surface area contributed by atoms with Gasteiger partial charge in [0.25, 0.3) is 5.91 Å². The van der Waals surface area contributed by atoms with Gasteiger partial charge in [-0.1, -0.05) is 30.3 Å². The van der Waals surface area contributed by atoms with E-state index in [0.29, 0.717) is 0 Å². The summed E-state index contributed by atoms with van der Waals surface area (Å²) in [7, 11) is 0. The number of hydrogen-bond donors (Lipinski definition) is 0. The van der Waals surface area contributed by atoms with Crippen LogP contribution in [0.5, 0.6) is 0 Å². The fourth-order valence-corrected chi connectivity index (χ4v) is 3.76. The molecule has 0 N–H and O–H groups in total. The van der Waals surface area contributed by atoms with Crippen molar-refractivity contribution < 1.29 is 4.79 Å². The Balaban J connectivity index is 1.94. The summed E-state index contributed by atoms with van der Waals surface area (Å²) in [6, 6.07) is 18.0. The molecule has 0 saturated carbocycles. The van der Waals surface area contributed by atoms with E-state index in [4.69, 9.17) is 0 Å². The molecule has 1 fully saturated rings. The number of hydrogen-bond acceptors (Lipinski definition) is 2. The van der Waals surface area contributed by atoms with Gasteiger partial charge in [-0.25, -0.2) is 0 Å². The molecule has 2 aliphatic rings. The van der Waals surface area contributed by atoms with Crippen LogP contribution in [0.2, 0.25) is 0 Å². The van der Waals surface area contributed by atoms with Crippen molar-refractivity contribution in [1.29, 1.82) is 0 Å². The van der Waals surface area contributed by atoms with Crippen LogP contribution in [0, 0.1) is 0 Å². The van der Waals surface area contributed by atoms with E-state index in [-0.39, 0.29) is 11.6 Å². The number of anilines is 2. The molecule has 0 aromatic heterocycles. The molecule has 106 valence electrons. The molecule has 3 nitrogen and oxygen atoms in total. The van der Waals surface area contributed by atoms with E-state index < -0.39 is 0 Å². The summed E-state index contributed by atoms with van der Waals surface area (Å²) in [5.74, 6) is 0.109. The summed E-state index contributed by atoms with van der Waals surface area (Å²) in [5, 5.41) is 0. The number of nitrogens with zero attached hydrogens (tertiary/aromatic N) is 2. The van der Waals surface area contributed by atoms with Crippen LogP contribution >= 0.6 is 0 Å². The average Bonchev–Trinajstić information content (AvgIpc) is 2.91. The lowest BCUT2D eigenvalue weighted by Crippen LogP contribution is -2.61. The summed E-state index contributed by atoms with van der Waals surface area (Å²) in [4.78, 5) is 17.4. The molecular formula is C18H18N2O. The van der Waals surface area contributed by atoms with Crippen LogP contribution in [-0.4, -0.2) is 18.1 Å². The first-order valence-corrected chi connectivity index (χ1v) is 7.48. The molecule has 1 amide bonds. The maximum absolute atomic E-state index is 13.1. The fourth-order valence-electron chi connectivity index (χ4n) is 3.76. The van der Waals surface area contributed by atoms with E-state index in [1.165, 1.54) is 0 Å². The number of amides is 1. The summed E-state index contributed by atoms with van der Waals surface area (Å²) in [6.45, 7) is 3.19.